The Labute approximate surface area is 133 Å². The molecular weight excluding hydrogens is 268 g/mol. The second-order valence-electron chi connectivity index (χ2n) is 7.08. The second kappa shape index (κ2) is 6.37. The molecule has 2 heteroatoms. The molecule has 1 aromatic heterocycles. The summed E-state index contributed by atoms with van der Waals surface area (Å²) in [5, 5.41) is 1.30. The number of benzene rings is 1. The summed E-state index contributed by atoms with van der Waals surface area (Å²) in [6, 6.07) is 11.4. The summed E-state index contributed by atoms with van der Waals surface area (Å²) in [7, 11) is 0. The number of aromatic nitrogens is 1. The van der Waals surface area contributed by atoms with E-state index in [0.29, 0.717) is 5.92 Å². The minimum absolute atomic E-state index is 0.697. The largest absolute Gasteiger partial charge is 0.299 e. The van der Waals surface area contributed by atoms with Crippen molar-refractivity contribution in [2.24, 2.45) is 0 Å². The molecule has 0 atom stereocenters. The van der Waals surface area contributed by atoms with E-state index in [1.54, 1.807) is 0 Å². The van der Waals surface area contributed by atoms with Gasteiger partial charge in [0.1, 0.15) is 0 Å². The van der Waals surface area contributed by atoms with Crippen LogP contribution in [0.3, 0.4) is 0 Å². The zero-order valence-corrected chi connectivity index (χ0v) is 13.4. The Morgan fingerprint density at radius 1 is 0.909 bits per heavy atom. The molecule has 2 heterocycles. The van der Waals surface area contributed by atoms with Crippen LogP contribution in [0.5, 0.6) is 0 Å². The van der Waals surface area contributed by atoms with Gasteiger partial charge in [0, 0.05) is 23.5 Å². The quantitative estimate of drug-likeness (QED) is 0.802. The smallest absolute Gasteiger partial charge is 0.0705 e. The lowest BCUT2D eigenvalue weighted by Crippen LogP contribution is -2.18. The van der Waals surface area contributed by atoms with Crippen LogP contribution in [-0.2, 0) is 6.54 Å². The summed E-state index contributed by atoms with van der Waals surface area (Å²) in [5.41, 5.74) is 3.93. The lowest BCUT2D eigenvalue weighted by molar-refractivity contribution is 0.331. The number of pyridine rings is 1. The maximum Gasteiger partial charge on any atom is 0.0705 e. The first-order valence-corrected chi connectivity index (χ1v) is 9.00. The van der Waals surface area contributed by atoms with E-state index in [4.69, 9.17) is 4.98 Å². The second-order valence-corrected chi connectivity index (χ2v) is 7.08. The van der Waals surface area contributed by atoms with Crippen LogP contribution < -0.4 is 0 Å². The molecule has 2 aliphatic rings. The molecule has 1 aliphatic carbocycles. The van der Waals surface area contributed by atoms with Crippen molar-refractivity contribution in [3.63, 3.8) is 0 Å². The molecule has 1 saturated heterocycles. The highest BCUT2D eigenvalue weighted by Gasteiger charge is 2.17. The first-order valence-electron chi connectivity index (χ1n) is 9.00. The van der Waals surface area contributed by atoms with Gasteiger partial charge >= 0.3 is 0 Å². The van der Waals surface area contributed by atoms with Crippen LogP contribution in [0.4, 0.5) is 0 Å². The monoisotopic (exact) mass is 294 g/mol. The van der Waals surface area contributed by atoms with Gasteiger partial charge in [0.15, 0.2) is 0 Å². The van der Waals surface area contributed by atoms with Gasteiger partial charge < -0.3 is 0 Å². The summed E-state index contributed by atoms with van der Waals surface area (Å²) in [5.74, 6) is 0.697. The Bertz CT molecular complexity index is 637. The normalized spacial score (nSPS) is 20.7. The van der Waals surface area contributed by atoms with Crippen molar-refractivity contribution < 1.29 is 0 Å². The van der Waals surface area contributed by atoms with E-state index in [2.05, 4.69) is 35.2 Å². The highest BCUT2D eigenvalue weighted by atomic mass is 15.1. The molecule has 1 saturated carbocycles. The maximum atomic E-state index is 4.96. The van der Waals surface area contributed by atoms with Gasteiger partial charge in [-0.2, -0.15) is 0 Å². The molecule has 0 N–H and O–H groups in total. The van der Waals surface area contributed by atoms with E-state index in [9.17, 15) is 0 Å². The van der Waals surface area contributed by atoms with Gasteiger partial charge in [0.05, 0.1) is 5.52 Å². The molecule has 0 amide bonds. The SMILES string of the molecule is c1cc2nc(C3CCCCC3)ccc2cc1CN1CCCC1. The van der Waals surface area contributed by atoms with E-state index in [1.807, 2.05) is 0 Å². The molecule has 2 nitrogen and oxygen atoms in total. The molecule has 116 valence electrons. The van der Waals surface area contributed by atoms with Gasteiger partial charge in [-0.15, -0.1) is 0 Å². The van der Waals surface area contributed by atoms with E-state index < -0.39 is 0 Å². The molecule has 0 bridgehead atoms. The van der Waals surface area contributed by atoms with E-state index in [0.717, 1.165) is 6.54 Å². The molecule has 4 rings (SSSR count). The van der Waals surface area contributed by atoms with Gasteiger partial charge in [-0.05, 0) is 62.5 Å². The predicted molar refractivity (Wildman–Crippen MR) is 92.1 cm³/mol. The van der Waals surface area contributed by atoms with Crippen molar-refractivity contribution in [1.82, 2.24) is 9.88 Å². The van der Waals surface area contributed by atoms with Gasteiger partial charge in [-0.3, -0.25) is 9.88 Å². The van der Waals surface area contributed by atoms with Crippen LogP contribution in [0.25, 0.3) is 10.9 Å². The summed E-state index contributed by atoms with van der Waals surface area (Å²) < 4.78 is 0. The minimum atomic E-state index is 0.697. The fraction of sp³-hybridized carbons (Fsp3) is 0.550. The van der Waals surface area contributed by atoms with Gasteiger partial charge in [-0.25, -0.2) is 0 Å². The summed E-state index contributed by atoms with van der Waals surface area (Å²) in [6.45, 7) is 3.62. The molecule has 2 fully saturated rings. The molecular formula is C20H26N2. The number of nitrogens with zero attached hydrogens (tertiary/aromatic N) is 2. The third kappa shape index (κ3) is 3.03. The Morgan fingerprint density at radius 2 is 1.73 bits per heavy atom. The number of likely N-dealkylation sites (tertiary alicyclic amines) is 1. The van der Waals surface area contributed by atoms with Crippen LogP contribution in [0, 0.1) is 0 Å². The Kier molecular flexibility index (Phi) is 4.11. The minimum Gasteiger partial charge on any atom is -0.299 e. The average molecular weight is 294 g/mol. The van der Waals surface area contributed by atoms with E-state index in [1.165, 1.54) is 80.2 Å². The third-order valence-corrected chi connectivity index (χ3v) is 5.40. The zero-order valence-electron chi connectivity index (χ0n) is 13.4. The van der Waals surface area contributed by atoms with Gasteiger partial charge in [0.25, 0.3) is 0 Å². The predicted octanol–water partition coefficient (Wildman–Crippen LogP) is 4.88. The maximum absolute atomic E-state index is 4.96. The van der Waals surface area contributed by atoms with Crippen molar-refractivity contribution in [3.05, 3.63) is 41.6 Å². The standard InChI is InChI=1S/C20H26N2/c1-2-6-17(7-3-1)19-11-9-18-14-16(8-10-20(18)21-19)15-22-12-4-5-13-22/h8-11,14,17H,1-7,12-13,15H2. The summed E-state index contributed by atoms with van der Waals surface area (Å²) >= 11 is 0. The van der Waals surface area contributed by atoms with Crippen molar-refractivity contribution in [2.75, 3.05) is 13.1 Å². The third-order valence-electron chi connectivity index (χ3n) is 5.40. The van der Waals surface area contributed by atoms with Crippen molar-refractivity contribution >= 4 is 10.9 Å². The Balaban J connectivity index is 1.55. The Morgan fingerprint density at radius 3 is 2.55 bits per heavy atom. The lowest BCUT2D eigenvalue weighted by Gasteiger charge is -2.21. The van der Waals surface area contributed by atoms with Crippen molar-refractivity contribution in [2.45, 2.75) is 57.4 Å². The number of rotatable bonds is 3. The van der Waals surface area contributed by atoms with Crippen LogP contribution in [0.2, 0.25) is 0 Å². The number of hydrogen-bond donors (Lipinski definition) is 0. The number of fused-ring (bicyclic) bond motifs is 1. The Hall–Kier alpha value is -1.41. The van der Waals surface area contributed by atoms with Crippen LogP contribution in [-0.4, -0.2) is 23.0 Å². The van der Waals surface area contributed by atoms with Crippen molar-refractivity contribution in [3.8, 4) is 0 Å². The fourth-order valence-corrected chi connectivity index (χ4v) is 4.11. The van der Waals surface area contributed by atoms with Crippen molar-refractivity contribution in [1.29, 1.82) is 0 Å². The number of hydrogen-bond acceptors (Lipinski definition) is 2. The van der Waals surface area contributed by atoms with Crippen LogP contribution >= 0.6 is 0 Å². The van der Waals surface area contributed by atoms with E-state index in [-0.39, 0.29) is 0 Å². The first-order chi connectivity index (χ1) is 10.9. The molecule has 0 unspecified atom stereocenters. The molecule has 0 spiro atoms. The first kappa shape index (κ1) is 14.2. The van der Waals surface area contributed by atoms with Crippen LogP contribution in [0.1, 0.15) is 62.1 Å². The highest BCUT2D eigenvalue weighted by Crippen LogP contribution is 2.32. The van der Waals surface area contributed by atoms with Crippen LogP contribution in [0.15, 0.2) is 30.3 Å². The lowest BCUT2D eigenvalue weighted by atomic mass is 9.86. The fourth-order valence-electron chi connectivity index (χ4n) is 4.11. The molecule has 1 aromatic carbocycles. The molecule has 22 heavy (non-hydrogen) atoms. The summed E-state index contributed by atoms with van der Waals surface area (Å²) in [4.78, 5) is 7.52. The highest BCUT2D eigenvalue weighted by molar-refractivity contribution is 5.79. The zero-order chi connectivity index (χ0) is 14.8. The van der Waals surface area contributed by atoms with Gasteiger partial charge in [-0.1, -0.05) is 31.4 Å². The summed E-state index contributed by atoms with van der Waals surface area (Å²) in [6.07, 6.45) is 9.53. The molecule has 2 aromatic rings. The molecule has 1 aliphatic heterocycles. The molecule has 0 radical (unpaired) electrons. The van der Waals surface area contributed by atoms with Gasteiger partial charge in [0.2, 0.25) is 0 Å². The average Bonchev–Trinajstić information content (AvgIpc) is 3.08. The topological polar surface area (TPSA) is 16.1 Å². The van der Waals surface area contributed by atoms with E-state index >= 15 is 0 Å².